The van der Waals surface area contributed by atoms with Crippen LogP contribution in [0.2, 0.25) is 0 Å². The highest BCUT2D eigenvalue weighted by Gasteiger charge is 2.07. The van der Waals surface area contributed by atoms with Gasteiger partial charge in [-0.1, -0.05) is 37.3 Å². The van der Waals surface area contributed by atoms with Gasteiger partial charge in [-0.2, -0.15) is 0 Å². The second-order valence-corrected chi connectivity index (χ2v) is 5.77. The van der Waals surface area contributed by atoms with E-state index in [1.54, 1.807) is 0 Å². The van der Waals surface area contributed by atoms with Crippen molar-refractivity contribution in [3.8, 4) is 0 Å². The monoisotopic (exact) mass is 298 g/mol. The van der Waals surface area contributed by atoms with Crippen LogP contribution in [-0.2, 0) is 6.42 Å². The Bertz CT molecular complexity index is 662. The van der Waals surface area contributed by atoms with E-state index in [9.17, 15) is 0 Å². The summed E-state index contributed by atoms with van der Waals surface area (Å²) in [4.78, 5) is 0. The minimum Gasteiger partial charge on any atom is -0.332 e. The largest absolute Gasteiger partial charge is 0.332 e. The molecule has 0 radical (unpaired) electrons. The molecule has 2 N–H and O–H groups in total. The van der Waals surface area contributed by atoms with E-state index in [1.807, 2.05) is 0 Å². The van der Waals surface area contributed by atoms with Crippen LogP contribution in [0.4, 0.5) is 11.4 Å². The smallest absolute Gasteiger partial charge is 0.175 e. The number of benzene rings is 2. The molecule has 0 aromatic heterocycles. The van der Waals surface area contributed by atoms with Crippen LogP contribution in [0.3, 0.4) is 0 Å². The van der Waals surface area contributed by atoms with Gasteiger partial charge in [-0.3, -0.25) is 0 Å². The van der Waals surface area contributed by atoms with Gasteiger partial charge in [0.05, 0.1) is 0 Å². The van der Waals surface area contributed by atoms with Gasteiger partial charge in [0.25, 0.3) is 0 Å². The Balaban J connectivity index is 2.17. The number of nitrogens with one attached hydrogen (secondary N) is 2. The summed E-state index contributed by atoms with van der Waals surface area (Å²) in [5, 5.41) is 7.28. The molecule has 0 saturated heterocycles. The van der Waals surface area contributed by atoms with E-state index in [1.165, 1.54) is 22.3 Å². The van der Waals surface area contributed by atoms with E-state index in [-0.39, 0.29) is 0 Å². The predicted octanol–water partition coefficient (Wildman–Crippen LogP) is 4.98. The fourth-order valence-electron chi connectivity index (χ4n) is 2.34. The number of para-hydroxylation sites is 1. The first kappa shape index (κ1) is 15.5. The highest BCUT2D eigenvalue weighted by molar-refractivity contribution is 7.80. The third-order valence-corrected chi connectivity index (χ3v) is 3.82. The third kappa shape index (κ3) is 3.82. The molecule has 0 aliphatic rings. The lowest BCUT2D eigenvalue weighted by atomic mass is 10.1. The molecule has 0 saturated carbocycles. The third-order valence-electron chi connectivity index (χ3n) is 3.62. The summed E-state index contributed by atoms with van der Waals surface area (Å²) in [5.74, 6) is 0. The summed E-state index contributed by atoms with van der Waals surface area (Å²) in [5.41, 5.74) is 7.06. The number of hydrogen-bond acceptors (Lipinski definition) is 1. The molecule has 0 atom stereocenters. The zero-order chi connectivity index (χ0) is 15.4. The molecule has 110 valence electrons. The van der Waals surface area contributed by atoms with Crippen molar-refractivity contribution >= 4 is 28.7 Å². The standard InChI is InChI=1S/C18H22N2S/c1-5-15-8-6-7-14(4)17(15)20-18(21)19-16-11-12(2)9-10-13(16)3/h6-11H,5H2,1-4H3,(H2,19,20,21). The minimum atomic E-state index is 0.632. The van der Waals surface area contributed by atoms with E-state index in [0.29, 0.717) is 5.11 Å². The van der Waals surface area contributed by atoms with Crippen LogP contribution in [0.1, 0.15) is 29.2 Å². The van der Waals surface area contributed by atoms with Gasteiger partial charge >= 0.3 is 0 Å². The van der Waals surface area contributed by atoms with Crippen molar-refractivity contribution in [3.05, 3.63) is 58.7 Å². The Hall–Kier alpha value is -1.87. The maximum atomic E-state index is 5.47. The second kappa shape index (κ2) is 6.72. The maximum absolute atomic E-state index is 5.47. The minimum absolute atomic E-state index is 0.632. The number of hydrogen-bond donors (Lipinski definition) is 2. The first-order valence-electron chi connectivity index (χ1n) is 7.25. The summed E-state index contributed by atoms with van der Waals surface area (Å²) < 4.78 is 0. The van der Waals surface area contributed by atoms with E-state index < -0.39 is 0 Å². The van der Waals surface area contributed by atoms with Gasteiger partial charge in [-0.05, 0) is 67.7 Å². The van der Waals surface area contributed by atoms with Gasteiger partial charge in [0.1, 0.15) is 0 Å². The van der Waals surface area contributed by atoms with Crippen molar-refractivity contribution in [1.29, 1.82) is 0 Å². The average molecular weight is 298 g/mol. The molecule has 3 heteroatoms. The van der Waals surface area contributed by atoms with Crippen molar-refractivity contribution in [1.82, 2.24) is 0 Å². The lowest BCUT2D eigenvalue weighted by Gasteiger charge is -2.17. The Morgan fingerprint density at radius 3 is 2.48 bits per heavy atom. The molecule has 0 aliphatic carbocycles. The number of thiocarbonyl (C=S) groups is 1. The summed E-state index contributed by atoms with van der Waals surface area (Å²) in [6.45, 7) is 8.41. The zero-order valence-corrected chi connectivity index (χ0v) is 13.9. The molecule has 2 aromatic rings. The molecular weight excluding hydrogens is 276 g/mol. The second-order valence-electron chi connectivity index (χ2n) is 5.36. The van der Waals surface area contributed by atoms with Gasteiger partial charge in [-0.25, -0.2) is 0 Å². The van der Waals surface area contributed by atoms with Gasteiger partial charge in [0.15, 0.2) is 5.11 Å². The van der Waals surface area contributed by atoms with Crippen molar-refractivity contribution in [2.45, 2.75) is 34.1 Å². The van der Waals surface area contributed by atoms with E-state index in [0.717, 1.165) is 17.8 Å². The molecule has 2 nitrogen and oxygen atoms in total. The SMILES string of the molecule is CCc1cccc(C)c1NC(=S)Nc1cc(C)ccc1C. The molecule has 21 heavy (non-hydrogen) atoms. The first-order valence-corrected chi connectivity index (χ1v) is 7.66. The quantitative estimate of drug-likeness (QED) is 0.781. The highest BCUT2D eigenvalue weighted by atomic mass is 32.1. The van der Waals surface area contributed by atoms with Crippen molar-refractivity contribution in [3.63, 3.8) is 0 Å². The summed E-state index contributed by atoms with van der Waals surface area (Å²) in [7, 11) is 0. The molecule has 2 aromatic carbocycles. The van der Waals surface area contributed by atoms with Crippen LogP contribution < -0.4 is 10.6 Å². The molecule has 0 spiro atoms. The average Bonchev–Trinajstić information content (AvgIpc) is 2.45. The molecule has 0 bridgehead atoms. The number of anilines is 2. The Morgan fingerprint density at radius 1 is 1.00 bits per heavy atom. The fraction of sp³-hybridized carbons (Fsp3) is 0.278. The van der Waals surface area contributed by atoms with Crippen LogP contribution in [-0.4, -0.2) is 5.11 Å². The molecule has 0 aliphatic heterocycles. The zero-order valence-electron chi connectivity index (χ0n) is 13.1. The molecule has 2 rings (SSSR count). The van der Waals surface area contributed by atoms with E-state index in [2.05, 4.69) is 74.7 Å². The Labute approximate surface area is 132 Å². The van der Waals surface area contributed by atoms with Gasteiger partial charge in [-0.15, -0.1) is 0 Å². The van der Waals surface area contributed by atoms with Gasteiger partial charge in [0.2, 0.25) is 0 Å². The van der Waals surface area contributed by atoms with Crippen LogP contribution in [0, 0.1) is 20.8 Å². The topological polar surface area (TPSA) is 24.1 Å². The van der Waals surface area contributed by atoms with E-state index in [4.69, 9.17) is 12.2 Å². The fourth-order valence-corrected chi connectivity index (χ4v) is 2.55. The Morgan fingerprint density at radius 2 is 1.76 bits per heavy atom. The molecule has 0 heterocycles. The van der Waals surface area contributed by atoms with Gasteiger partial charge < -0.3 is 10.6 Å². The molecule has 0 amide bonds. The van der Waals surface area contributed by atoms with Crippen LogP contribution in [0.5, 0.6) is 0 Å². The number of aryl methyl sites for hydroxylation is 4. The van der Waals surface area contributed by atoms with Gasteiger partial charge in [0, 0.05) is 11.4 Å². The summed E-state index contributed by atoms with van der Waals surface area (Å²) >= 11 is 5.47. The lowest BCUT2D eigenvalue weighted by molar-refractivity contribution is 1.13. The summed E-state index contributed by atoms with van der Waals surface area (Å²) in [6.07, 6.45) is 0.982. The van der Waals surface area contributed by atoms with Crippen molar-refractivity contribution in [2.75, 3.05) is 10.6 Å². The predicted molar refractivity (Wildman–Crippen MR) is 96.3 cm³/mol. The normalized spacial score (nSPS) is 10.3. The summed E-state index contributed by atoms with van der Waals surface area (Å²) in [6, 6.07) is 12.6. The van der Waals surface area contributed by atoms with Crippen LogP contribution >= 0.6 is 12.2 Å². The van der Waals surface area contributed by atoms with Crippen molar-refractivity contribution < 1.29 is 0 Å². The van der Waals surface area contributed by atoms with E-state index >= 15 is 0 Å². The van der Waals surface area contributed by atoms with Crippen LogP contribution in [0.15, 0.2) is 36.4 Å². The first-order chi connectivity index (χ1) is 10.0. The molecule has 0 unspecified atom stereocenters. The van der Waals surface area contributed by atoms with Crippen LogP contribution in [0.25, 0.3) is 0 Å². The Kier molecular flexibility index (Phi) is 4.97. The molecule has 0 fully saturated rings. The highest BCUT2D eigenvalue weighted by Crippen LogP contribution is 2.22. The lowest BCUT2D eigenvalue weighted by Crippen LogP contribution is -2.21. The molecular formula is C18H22N2S. The maximum Gasteiger partial charge on any atom is 0.175 e. The van der Waals surface area contributed by atoms with Crippen molar-refractivity contribution in [2.24, 2.45) is 0 Å². The number of rotatable bonds is 3.